The van der Waals surface area contributed by atoms with Crippen molar-refractivity contribution in [3.05, 3.63) is 114 Å². The Balaban J connectivity index is 0.000000211. The highest BCUT2D eigenvalue weighted by Gasteiger charge is 2.14. The molecule has 5 rings (SSSR count). The minimum atomic E-state index is 0.345. The summed E-state index contributed by atoms with van der Waals surface area (Å²) in [5, 5.41) is 10.4. The van der Waals surface area contributed by atoms with Gasteiger partial charge in [0, 0.05) is 35.4 Å². The summed E-state index contributed by atoms with van der Waals surface area (Å²) in [4.78, 5) is 7.57. The van der Waals surface area contributed by atoms with Crippen molar-refractivity contribution in [2.75, 3.05) is 0 Å². The average Bonchev–Trinajstić information content (AvgIpc) is 3.59. The van der Waals surface area contributed by atoms with E-state index in [-0.39, 0.29) is 0 Å². The summed E-state index contributed by atoms with van der Waals surface area (Å²) in [7, 11) is 0. The van der Waals surface area contributed by atoms with Gasteiger partial charge in [0.15, 0.2) is 0 Å². The zero-order valence-corrected chi connectivity index (χ0v) is 29.8. The highest BCUT2D eigenvalue weighted by molar-refractivity contribution is 5.83. The van der Waals surface area contributed by atoms with Crippen molar-refractivity contribution in [2.24, 2.45) is 27.7 Å². The molecule has 244 valence electrons. The Morgan fingerprint density at radius 2 is 1.22 bits per heavy atom. The molecule has 1 aliphatic heterocycles. The van der Waals surface area contributed by atoms with Gasteiger partial charge in [0.1, 0.15) is 5.75 Å². The van der Waals surface area contributed by atoms with E-state index in [1.807, 2.05) is 18.3 Å². The van der Waals surface area contributed by atoms with E-state index in [4.69, 9.17) is 5.11 Å². The maximum Gasteiger partial charge on any atom is 0.115 e. The normalized spacial score (nSPS) is 12.6. The number of aliphatic imine (C=N–C) groups is 1. The number of hydrogen-bond acceptors (Lipinski definition) is 2. The molecule has 3 nitrogen and oxygen atoms in total. The second kappa shape index (κ2) is 18.4. The summed E-state index contributed by atoms with van der Waals surface area (Å²) in [6.45, 7) is 22.4. The summed E-state index contributed by atoms with van der Waals surface area (Å²) >= 11 is 0. The predicted molar refractivity (Wildman–Crippen MR) is 198 cm³/mol. The molecule has 1 aliphatic rings. The number of hydrogen-bond donors (Lipinski definition) is 2. The third-order valence-electron chi connectivity index (χ3n) is 6.89. The van der Waals surface area contributed by atoms with Gasteiger partial charge in [-0.3, -0.25) is 4.99 Å². The molecule has 4 aromatic rings. The number of aromatic nitrogens is 1. The van der Waals surface area contributed by atoms with Crippen LogP contribution in [0.4, 0.5) is 0 Å². The van der Waals surface area contributed by atoms with Crippen molar-refractivity contribution in [2.45, 2.75) is 101 Å². The van der Waals surface area contributed by atoms with E-state index in [0.29, 0.717) is 22.5 Å². The molecule has 0 unspecified atom stereocenters. The Labute approximate surface area is 274 Å². The fourth-order valence-corrected chi connectivity index (χ4v) is 5.11. The summed E-state index contributed by atoms with van der Waals surface area (Å²) in [6, 6.07) is 26.5. The molecule has 1 aromatic heterocycles. The Morgan fingerprint density at radius 1 is 0.689 bits per heavy atom. The van der Waals surface area contributed by atoms with Gasteiger partial charge < -0.3 is 10.1 Å². The second-order valence-corrected chi connectivity index (χ2v) is 15.4. The molecule has 0 saturated carbocycles. The van der Waals surface area contributed by atoms with Crippen LogP contribution in [0.15, 0.2) is 102 Å². The van der Waals surface area contributed by atoms with Crippen LogP contribution in [0.3, 0.4) is 0 Å². The lowest BCUT2D eigenvalue weighted by Gasteiger charge is -2.17. The van der Waals surface area contributed by atoms with Crippen LogP contribution in [0.1, 0.15) is 98.8 Å². The van der Waals surface area contributed by atoms with E-state index in [2.05, 4.69) is 146 Å². The van der Waals surface area contributed by atoms with Crippen LogP contribution in [0.25, 0.3) is 10.9 Å². The first-order chi connectivity index (χ1) is 21.1. The van der Waals surface area contributed by atoms with Crippen LogP contribution in [-0.2, 0) is 19.3 Å². The lowest BCUT2D eigenvalue weighted by molar-refractivity contribution is 0.408. The van der Waals surface area contributed by atoms with Crippen LogP contribution >= 0.6 is 0 Å². The zero-order valence-electron chi connectivity index (χ0n) is 29.8. The number of H-pyrrole nitrogens is 1. The number of para-hydroxylation sites is 1. The van der Waals surface area contributed by atoms with E-state index in [1.54, 1.807) is 12.1 Å². The SMILES string of the molecule is CC(C)(C)CC1=CCC=N1.CC(C)(C)Cc1c[nH]c2ccccc12.CC(C)Cc1ccc(O)cc1.CC(C)Cc1ccccc1. The van der Waals surface area contributed by atoms with Crippen LogP contribution in [0, 0.1) is 22.7 Å². The molecular weight excluding hydrogens is 548 g/mol. The third kappa shape index (κ3) is 16.9. The van der Waals surface area contributed by atoms with Crippen LogP contribution in [-0.4, -0.2) is 16.3 Å². The van der Waals surface area contributed by atoms with Crippen LogP contribution in [0.5, 0.6) is 5.75 Å². The lowest BCUT2D eigenvalue weighted by atomic mass is 9.88. The van der Waals surface area contributed by atoms with Gasteiger partial charge in [-0.25, -0.2) is 0 Å². The molecule has 45 heavy (non-hydrogen) atoms. The average molecular weight is 609 g/mol. The zero-order chi connectivity index (χ0) is 33.5. The van der Waals surface area contributed by atoms with Gasteiger partial charge in [-0.05, 0) is 83.2 Å². The molecule has 0 spiro atoms. The topological polar surface area (TPSA) is 48.4 Å². The molecule has 0 atom stereocenters. The van der Waals surface area contributed by atoms with E-state index in [9.17, 15) is 0 Å². The number of allylic oxidation sites excluding steroid dienone is 2. The van der Waals surface area contributed by atoms with Gasteiger partial charge in [0.05, 0.1) is 0 Å². The van der Waals surface area contributed by atoms with E-state index in [0.717, 1.165) is 31.6 Å². The minimum absolute atomic E-state index is 0.345. The molecule has 2 N–H and O–H groups in total. The Bertz CT molecular complexity index is 1430. The lowest BCUT2D eigenvalue weighted by Crippen LogP contribution is -2.08. The number of phenolic OH excluding ortho intramolecular Hbond substituents is 1. The van der Waals surface area contributed by atoms with Gasteiger partial charge in [0.25, 0.3) is 0 Å². The number of aromatic hydroxyl groups is 1. The number of phenols is 1. The van der Waals surface area contributed by atoms with Gasteiger partial charge in [-0.2, -0.15) is 0 Å². The standard InChI is InChI=1S/C13H17N.C10H14O.C10H14.C9H15N/c1-13(2,3)8-10-9-14-12-7-5-4-6-11(10)12;1-8(2)7-9-3-5-10(11)6-4-9;1-9(2)8-10-6-4-3-5-7-10;1-9(2,3)7-8-5-4-6-10-8/h4-7,9,14H,8H2,1-3H3;3-6,8,11H,7H2,1-2H3;3-7,9H,8H2,1-2H3;5-6H,4,7H2,1-3H3. The van der Waals surface area contributed by atoms with Gasteiger partial charge in [-0.15, -0.1) is 0 Å². The Hall–Kier alpha value is -3.59. The first-order valence-corrected chi connectivity index (χ1v) is 16.7. The Morgan fingerprint density at radius 3 is 1.73 bits per heavy atom. The van der Waals surface area contributed by atoms with Gasteiger partial charge in [0.2, 0.25) is 0 Å². The Kier molecular flexibility index (Phi) is 15.4. The first kappa shape index (κ1) is 37.6. The van der Waals surface area contributed by atoms with Crippen molar-refractivity contribution in [1.82, 2.24) is 4.98 Å². The second-order valence-electron chi connectivity index (χ2n) is 15.4. The van der Waals surface area contributed by atoms with Gasteiger partial charge in [-0.1, -0.05) is 136 Å². The molecule has 0 fully saturated rings. The fraction of sp³-hybridized carbons (Fsp3) is 0.452. The highest BCUT2D eigenvalue weighted by Crippen LogP contribution is 2.27. The van der Waals surface area contributed by atoms with Crippen molar-refractivity contribution in [3.8, 4) is 5.75 Å². The highest BCUT2D eigenvalue weighted by atomic mass is 16.3. The number of nitrogens with one attached hydrogen (secondary N) is 1. The fourth-order valence-electron chi connectivity index (χ4n) is 5.11. The number of aromatic amines is 1. The van der Waals surface area contributed by atoms with Crippen molar-refractivity contribution < 1.29 is 5.11 Å². The quantitative estimate of drug-likeness (QED) is 0.225. The van der Waals surface area contributed by atoms with E-state index >= 15 is 0 Å². The largest absolute Gasteiger partial charge is 0.508 e. The van der Waals surface area contributed by atoms with E-state index < -0.39 is 0 Å². The molecule has 0 radical (unpaired) electrons. The number of nitrogens with zero attached hydrogens (tertiary/aromatic N) is 1. The summed E-state index contributed by atoms with van der Waals surface area (Å²) in [5.74, 6) is 1.79. The predicted octanol–water partition coefficient (Wildman–Crippen LogP) is 12.0. The number of benzene rings is 3. The molecule has 0 aliphatic carbocycles. The monoisotopic (exact) mass is 608 g/mol. The maximum atomic E-state index is 8.99. The molecule has 2 heterocycles. The molecule has 0 amide bonds. The molecule has 0 bridgehead atoms. The van der Waals surface area contributed by atoms with Crippen molar-refractivity contribution in [1.29, 1.82) is 0 Å². The van der Waals surface area contributed by atoms with Crippen LogP contribution < -0.4 is 0 Å². The molecule has 3 aromatic carbocycles. The first-order valence-electron chi connectivity index (χ1n) is 16.7. The molecule has 0 saturated heterocycles. The maximum absolute atomic E-state index is 8.99. The van der Waals surface area contributed by atoms with Crippen molar-refractivity contribution in [3.63, 3.8) is 0 Å². The van der Waals surface area contributed by atoms with Gasteiger partial charge >= 0.3 is 0 Å². The molecule has 3 heteroatoms. The number of fused-ring (bicyclic) bond motifs is 1. The third-order valence-corrected chi connectivity index (χ3v) is 6.89. The van der Waals surface area contributed by atoms with Crippen LogP contribution in [0.2, 0.25) is 0 Å². The summed E-state index contributed by atoms with van der Waals surface area (Å²) in [6.07, 6.45) is 11.8. The molecular formula is C42H60N2O. The summed E-state index contributed by atoms with van der Waals surface area (Å²) < 4.78 is 0. The summed E-state index contributed by atoms with van der Waals surface area (Å²) in [5.41, 5.74) is 7.39. The number of rotatable bonds is 6. The minimum Gasteiger partial charge on any atom is -0.508 e. The van der Waals surface area contributed by atoms with E-state index in [1.165, 1.54) is 39.7 Å². The smallest absolute Gasteiger partial charge is 0.115 e. The van der Waals surface area contributed by atoms with Crippen molar-refractivity contribution >= 4 is 17.1 Å².